The van der Waals surface area contributed by atoms with Crippen molar-refractivity contribution in [3.05, 3.63) is 24.3 Å². The summed E-state index contributed by atoms with van der Waals surface area (Å²) in [6.07, 6.45) is 12.1. The zero-order valence-electron chi connectivity index (χ0n) is 13.2. The van der Waals surface area contributed by atoms with E-state index in [1.54, 1.807) is 0 Å². The van der Waals surface area contributed by atoms with Crippen LogP contribution in [0.15, 0.2) is 29.2 Å². The molecule has 0 aliphatic carbocycles. The smallest absolute Gasteiger partial charge is 0.224 e. The number of carbonyl (C=O) groups is 1. The molecule has 3 heteroatoms. The predicted molar refractivity (Wildman–Crippen MR) is 94.2 cm³/mol. The van der Waals surface area contributed by atoms with Crippen molar-refractivity contribution < 1.29 is 4.79 Å². The molecule has 1 aromatic rings. The van der Waals surface area contributed by atoms with Crippen LogP contribution in [0.1, 0.15) is 71.1 Å². The van der Waals surface area contributed by atoms with Crippen molar-refractivity contribution in [2.75, 3.05) is 5.32 Å². The SMILES string of the molecule is CCCCCCCCCCCC(=O)Nc1ccccc1S. The first-order valence-corrected chi connectivity index (χ1v) is 8.76. The normalized spacial score (nSPS) is 10.6. The van der Waals surface area contributed by atoms with Gasteiger partial charge < -0.3 is 5.32 Å². The number of hydrogen-bond acceptors (Lipinski definition) is 2. The molecule has 0 saturated carbocycles. The van der Waals surface area contributed by atoms with E-state index in [1.807, 2.05) is 24.3 Å². The lowest BCUT2D eigenvalue weighted by molar-refractivity contribution is -0.116. The van der Waals surface area contributed by atoms with Gasteiger partial charge in [0, 0.05) is 11.3 Å². The van der Waals surface area contributed by atoms with Crippen LogP contribution < -0.4 is 5.32 Å². The molecule has 1 rings (SSSR count). The van der Waals surface area contributed by atoms with Crippen molar-refractivity contribution in [2.45, 2.75) is 76.0 Å². The van der Waals surface area contributed by atoms with Crippen LogP contribution in [0.3, 0.4) is 0 Å². The lowest BCUT2D eigenvalue weighted by atomic mass is 10.1. The van der Waals surface area contributed by atoms with Crippen molar-refractivity contribution in [1.29, 1.82) is 0 Å². The summed E-state index contributed by atoms with van der Waals surface area (Å²) in [4.78, 5) is 12.6. The molecular formula is C18H29NOS. The third-order valence-electron chi connectivity index (χ3n) is 3.69. The predicted octanol–water partition coefficient (Wildman–Crippen LogP) is 5.83. The minimum atomic E-state index is 0.0967. The van der Waals surface area contributed by atoms with Crippen molar-refractivity contribution in [3.8, 4) is 0 Å². The van der Waals surface area contributed by atoms with E-state index in [-0.39, 0.29) is 5.91 Å². The van der Waals surface area contributed by atoms with E-state index in [0.29, 0.717) is 6.42 Å². The number of benzene rings is 1. The van der Waals surface area contributed by atoms with Crippen molar-refractivity contribution in [1.82, 2.24) is 0 Å². The topological polar surface area (TPSA) is 29.1 Å². The van der Waals surface area contributed by atoms with Gasteiger partial charge in [-0.1, -0.05) is 70.4 Å². The zero-order chi connectivity index (χ0) is 15.3. The van der Waals surface area contributed by atoms with Gasteiger partial charge in [-0.2, -0.15) is 0 Å². The molecule has 118 valence electrons. The van der Waals surface area contributed by atoms with Gasteiger partial charge in [0.1, 0.15) is 0 Å². The summed E-state index contributed by atoms with van der Waals surface area (Å²) in [5, 5.41) is 2.92. The number of nitrogens with one attached hydrogen (secondary N) is 1. The van der Waals surface area contributed by atoms with Gasteiger partial charge in [-0.3, -0.25) is 4.79 Å². The maximum Gasteiger partial charge on any atom is 0.224 e. The summed E-state index contributed by atoms with van der Waals surface area (Å²) in [7, 11) is 0. The Bertz CT molecular complexity index is 406. The van der Waals surface area contributed by atoms with Gasteiger partial charge in [0.15, 0.2) is 0 Å². The Morgan fingerprint density at radius 1 is 0.952 bits per heavy atom. The quantitative estimate of drug-likeness (QED) is 0.390. The van der Waals surface area contributed by atoms with Crippen LogP contribution in [0.5, 0.6) is 0 Å². The molecule has 1 aromatic carbocycles. The highest BCUT2D eigenvalue weighted by atomic mass is 32.1. The molecule has 0 saturated heterocycles. The molecule has 0 atom stereocenters. The Balaban J connectivity index is 2.00. The highest BCUT2D eigenvalue weighted by Gasteiger charge is 2.04. The van der Waals surface area contributed by atoms with Crippen molar-refractivity contribution >= 4 is 24.2 Å². The average Bonchev–Trinajstić information content (AvgIpc) is 2.48. The second-order valence-corrected chi connectivity index (χ2v) is 6.13. The Labute approximate surface area is 135 Å². The Morgan fingerprint density at radius 2 is 1.52 bits per heavy atom. The summed E-state index contributed by atoms with van der Waals surface area (Å²) < 4.78 is 0. The third-order valence-corrected chi connectivity index (χ3v) is 4.08. The minimum absolute atomic E-state index is 0.0967. The number of thiol groups is 1. The molecular weight excluding hydrogens is 278 g/mol. The van der Waals surface area contributed by atoms with Crippen LogP contribution in [0.25, 0.3) is 0 Å². The maximum absolute atomic E-state index is 11.8. The van der Waals surface area contributed by atoms with Gasteiger partial charge in [-0.05, 0) is 18.6 Å². The second kappa shape index (κ2) is 11.7. The van der Waals surface area contributed by atoms with Gasteiger partial charge in [-0.25, -0.2) is 0 Å². The van der Waals surface area contributed by atoms with E-state index in [4.69, 9.17) is 0 Å². The highest BCUT2D eigenvalue weighted by Crippen LogP contribution is 2.19. The number of amides is 1. The molecule has 0 fully saturated rings. The zero-order valence-corrected chi connectivity index (χ0v) is 14.1. The van der Waals surface area contributed by atoms with E-state index < -0.39 is 0 Å². The monoisotopic (exact) mass is 307 g/mol. The summed E-state index contributed by atoms with van der Waals surface area (Å²) in [6, 6.07) is 7.60. The van der Waals surface area contributed by atoms with Crippen molar-refractivity contribution in [3.63, 3.8) is 0 Å². The maximum atomic E-state index is 11.8. The van der Waals surface area contributed by atoms with Crippen LogP contribution in [0, 0.1) is 0 Å². The molecule has 0 spiro atoms. The van der Waals surface area contributed by atoms with E-state index in [9.17, 15) is 4.79 Å². The molecule has 0 radical (unpaired) electrons. The van der Waals surface area contributed by atoms with Crippen LogP contribution in [-0.2, 0) is 4.79 Å². The molecule has 0 bridgehead atoms. The molecule has 1 amide bonds. The minimum Gasteiger partial charge on any atom is -0.325 e. The Morgan fingerprint density at radius 3 is 2.14 bits per heavy atom. The number of unbranched alkanes of at least 4 members (excludes halogenated alkanes) is 8. The Kier molecular flexibility index (Phi) is 10.1. The molecule has 0 aromatic heterocycles. The van der Waals surface area contributed by atoms with Crippen LogP contribution in [0.4, 0.5) is 5.69 Å². The average molecular weight is 308 g/mol. The number of para-hydroxylation sites is 1. The van der Waals surface area contributed by atoms with E-state index in [0.717, 1.165) is 23.4 Å². The van der Waals surface area contributed by atoms with Crippen LogP contribution in [-0.4, -0.2) is 5.91 Å². The lowest BCUT2D eigenvalue weighted by Gasteiger charge is -2.07. The van der Waals surface area contributed by atoms with Crippen LogP contribution in [0.2, 0.25) is 0 Å². The second-order valence-electron chi connectivity index (χ2n) is 5.64. The molecule has 0 unspecified atom stereocenters. The number of carbonyl (C=O) groups excluding carboxylic acids is 1. The molecule has 21 heavy (non-hydrogen) atoms. The molecule has 2 nitrogen and oxygen atoms in total. The largest absolute Gasteiger partial charge is 0.325 e. The molecule has 0 aliphatic rings. The summed E-state index contributed by atoms with van der Waals surface area (Å²) in [6.45, 7) is 2.25. The van der Waals surface area contributed by atoms with E-state index in [1.165, 1.54) is 44.9 Å². The number of hydrogen-bond donors (Lipinski definition) is 2. The van der Waals surface area contributed by atoms with Gasteiger partial charge in [0.25, 0.3) is 0 Å². The first-order valence-electron chi connectivity index (χ1n) is 8.32. The van der Waals surface area contributed by atoms with Gasteiger partial charge in [0.2, 0.25) is 5.91 Å². The van der Waals surface area contributed by atoms with Crippen LogP contribution >= 0.6 is 12.6 Å². The number of rotatable bonds is 11. The van der Waals surface area contributed by atoms with Gasteiger partial charge in [-0.15, -0.1) is 12.6 Å². The fourth-order valence-electron chi connectivity index (χ4n) is 2.39. The van der Waals surface area contributed by atoms with Gasteiger partial charge >= 0.3 is 0 Å². The van der Waals surface area contributed by atoms with E-state index in [2.05, 4.69) is 24.9 Å². The standard InChI is InChI=1S/C18H29NOS/c1-2-3-4-5-6-7-8-9-10-15-18(20)19-16-13-11-12-14-17(16)21/h11-14,21H,2-10,15H2,1H3,(H,19,20). The third kappa shape index (κ3) is 8.82. The molecule has 0 aliphatic heterocycles. The lowest BCUT2D eigenvalue weighted by Crippen LogP contribution is -2.11. The fourth-order valence-corrected chi connectivity index (χ4v) is 2.60. The fraction of sp³-hybridized carbons (Fsp3) is 0.611. The first-order chi connectivity index (χ1) is 10.2. The molecule has 1 N–H and O–H groups in total. The van der Waals surface area contributed by atoms with E-state index >= 15 is 0 Å². The summed E-state index contributed by atoms with van der Waals surface area (Å²) in [5.41, 5.74) is 0.807. The van der Waals surface area contributed by atoms with Gasteiger partial charge in [0.05, 0.1) is 5.69 Å². The Hall–Kier alpha value is -0.960. The van der Waals surface area contributed by atoms with Crippen molar-refractivity contribution in [2.24, 2.45) is 0 Å². The summed E-state index contributed by atoms with van der Waals surface area (Å²) >= 11 is 4.33. The first kappa shape index (κ1) is 18.1. The highest BCUT2D eigenvalue weighted by molar-refractivity contribution is 7.80. The number of anilines is 1. The molecule has 0 heterocycles. The summed E-state index contributed by atoms with van der Waals surface area (Å²) in [5.74, 6) is 0.0967.